The lowest BCUT2D eigenvalue weighted by atomic mass is 10.1. The standard InChI is InChI=1S/C13H15BrFN3O3/c14-9-6-12(18(20)21)11(7-10(9)15)16-8-13(19)17-4-2-1-3-5-17/h6-7,16H,1-5,8H2. The Morgan fingerprint density at radius 3 is 2.67 bits per heavy atom. The molecule has 114 valence electrons. The lowest BCUT2D eigenvalue weighted by molar-refractivity contribution is -0.384. The molecule has 1 saturated heterocycles. The van der Waals surface area contributed by atoms with Crippen LogP contribution in [0.3, 0.4) is 0 Å². The van der Waals surface area contributed by atoms with Crippen LogP contribution in [0.2, 0.25) is 0 Å². The van der Waals surface area contributed by atoms with Gasteiger partial charge in [0.25, 0.3) is 5.69 Å². The predicted molar refractivity (Wildman–Crippen MR) is 79.7 cm³/mol. The van der Waals surface area contributed by atoms with Crippen LogP contribution in [0.4, 0.5) is 15.8 Å². The van der Waals surface area contributed by atoms with Crippen molar-refractivity contribution in [2.45, 2.75) is 19.3 Å². The molecule has 1 aliphatic rings. The second-order valence-corrected chi connectivity index (χ2v) is 5.69. The molecule has 1 fully saturated rings. The van der Waals surface area contributed by atoms with Crippen LogP contribution in [0, 0.1) is 15.9 Å². The second kappa shape index (κ2) is 6.84. The summed E-state index contributed by atoms with van der Waals surface area (Å²) < 4.78 is 13.5. The lowest BCUT2D eigenvalue weighted by Crippen LogP contribution is -2.39. The fourth-order valence-electron chi connectivity index (χ4n) is 2.25. The molecule has 0 spiro atoms. The summed E-state index contributed by atoms with van der Waals surface area (Å²) in [5.74, 6) is -0.749. The van der Waals surface area contributed by atoms with Crippen molar-refractivity contribution in [2.24, 2.45) is 0 Å². The van der Waals surface area contributed by atoms with E-state index in [9.17, 15) is 19.3 Å². The Bertz CT molecular complexity index is 562. The average Bonchev–Trinajstić information content (AvgIpc) is 2.48. The summed E-state index contributed by atoms with van der Waals surface area (Å²) in [5, 5.41) is 13.6. The first-order valence-corrected chi connectivity index (χ1v) is 7.43. The Balaban J connectivity index is 2.06. The monoisotopic (exact) mass is 359 g/mol. The van der Waals surface area contributed by atoms with E-state index in [0.29, 0.717) is 13.1 Å². The van der Waals surface area contributed by atoms with Crippen LogP contribution in [0.1, 0.15) is 19.3 Å². The highest BCUT2D eigenvalue weighted by Crippen LogP contribution is 2.30. The zero-order valence-corrected chi connectivity index (χ0v) is 12.9. The smallest absolute Gasteiger partial charge is 0.293 e. The fourth-order valence-corrected chi connectivity index (χ4v) is 2.59. The van der Waals surface area contributed by atoms with Crippen molar-refractivity contribution in [1.82, 2.24) is 4.90 Å². The van der Waals surface area contributed by atoms with Crippen LogP contribution in [-0.4, -0.2) is 35.4 Å². The first-order valence-electron chi connectivity index (χ1n) is 6.64. The molecule has 8 heteroatoms. The third-order valence-electron chi connectivity index (χ3n) is 3.37. The molecule has 6 nitrogen and oxygen atoms in total. The predicted octanol–water partition coefficient (Wildman–Crippen LogP) is 2.92. The Kier molecular flexibility index (Phi) is 5.11. The lowest BCUT2D eigenvalue weighted by Gasteiger charge is -2.26. The molecule has 21 heavy (non-hydrogen) atoms. The number of benzene rings is 1. The maximum atomic E-state index is 13.5. The highest BCUT2D eigenvalue weighted by Gasteiger charge is 2.20. The van der Waals surface area contributed by atoms with Gasteiger partial charge in [0, 0.05) is 25.2 Å². The van der Waals surface area contributed by atoms with Crippen LogP contribution in [-0.2, 0) is 4.79 Å². The number of halogens is 2. The van der Waals surface area contributed by atoms with Crippen LogP contribution in [0.25, 0.3) is 0 Å². The first kappa shape index (κ1) is 15.7. The van der Waals surface area contributed by atoms with Gasteiger partial charge in [0.15, 0.2) is 0 Å². The number of hydrogen-bond donors (Lipinski definition) is 1. The molecule has 1 amide bonds. The van der Waals surface area contributed by atoms with E-state index >= 15 is 0 Å². The molecule has 2 rings (SSSR count). The van der Waals surface area contributed by atoms with Gasteiger partial charge in [-0.05, 0) is 35.2 Å². The van der Waals surface area contributed by atoms with Crippen molar-refractivity contribution in [2.75, 3.05) is 25.0 Å². The summed E-state index contributed by atoms with van der Waals surface area (Å²) >= 11 is 2.91. The first-order chi connectivity index (χ1) is 9.99. The summed E-state index contributed by atoms with van der Waals surface area (Å²) in [4.78, 5) is 24.1. The number of amides is 1. The number of likely N-dealkylation sites (tertiary alicyclic amines) is 1. The van der Waals surface area contributed by atoms with E-state index in [1.807, 2.05) is 0 Å². The molecule has 0 atom stereocenters. The second-order valence-electron chi connectivity index (χ2n) is 4.84. The molecule has 0 aliphatic carbocycles. The molecular formula is C13H15BrFN3O3. The number of nitro groups is 1. The summed E-state index contributed by atoms with van der Waals surface area (Å²) in [6, 6.07) is 2.11. The summed E-state index contributed by atoms with van der Waals surface area (Å²) in [5.41, 5.74) is -0.263. The summed E-state index contributed by atoms with van der Waals surface area (Å²) in [6.45, 7) is 1.33. The molecule has 1 aromatic rings. The number of anilines is 1. The molecule has 0 unspecified atom stereocenters. The highest BCUT2D eigenvalue weighted by molar-refractivity contribution is 9.10. The normalized spacial score (nSPS) is 14.9. The van der Waals surface area contributed by atoms with E-state index in [0.717, 1.165) is 31.4 Å². The SMILES string of the molecule is O=C(CNc1cc(F)c(Br)cc1[N+](=O)[O-])N1CCCCC1. The van der Waals surface area contributed by atoms with Crippen LogP contribution in [0.15, 0.2) is 16.6 Å². The van der Waals surface area contributed by atoms with Gasteiger partial charge in [-0.25, -0.2) is 4.39 Å². The van der Waals surface area contributed by atoms with Crippen molar-refractivity contribution >= 4 is 33.2 Å². The van der Waals surface area contributed by atoms with Crippen molar-refractivity contribution in [3.8, 4) is 0 Å². The molecule has 1 N–H and O–H groups in total. The van der Waals surface area contributed by atoms with Gasteiger partial charge in [-0.1, -0.05) is 0 Å². The maximum Gasteiger partial charge on any atom is 0.293 e. The third-order valence-corrected chi connectivity index (χ3v) is 3.98. The van der Waals surface area contributed by atoms with E-state index in [1.54, 1.807) is 4.90 Å². The molecular weight excluding hydrogens is 345 g/mol. The van der Waals surface area contributed by atoms with Gasteiger partial charge < -0.3 is 10.2 Å². The number of carbonyl (C=O) groups is 1. The summed E-state index contributed by atoms with van der Waals surface area (Å²) in [6.07, 6.45) is 3.05. The minimum atomic E-state index is -0.617. The molecule has 0 aromatic heterocycles. The van der Waals surface area contributed by atoms with E-state index in [4.69, 9.17) is 0 Å². The Morgan fingerprint density at radius 2 is 2.05 bits per heavy atom. The molecule has 1 aromatic carbocycles. The van der Waals surface area contributed by atoms with Crippen molar-refractivity contribution in [3.05, 3.63) is 32.5 Å². The fraction of sp³-hybridized carbons (Fsp3) is 0.462. The topological polar surface area (TPSA) is 75.5 Å². The number of hydrogen-bond acceptors (Lipinski definition) is 4. The van der Waals surface area contributed by atoms with Gasteiger partial charge in [0.05, 0.1) is 15.9 Å². The Morgan fingerprint density at radius 1 is 1.38 bits per heavy atom. The average molecular weight is 360 g/mol. The van der Waals surface area contributed by atoms with Crippen molar-refractivity contribution in [1.29, 1.82) is 0 Å². The van der Waals surface area contributed by atoms with E-state index < -0.39 is 10.7 Å². The highest BCUT2D eigenvalue weighted by atomic mass is 79.9. The minimum Gasteiger partial charge on any atom is -0.370 e. The maximum absolute atomic E-state index is 13.5. The number of nitrogens with zero attached hydrogens (tertiary/aromatic N) is 2. The van der Waals surface area contributed by atoms with Crippen LogP contribution < -0.4 is 5.32 Å². The number of nitrogens with one attached hydrogen (secondary N) is 1. The summed E-state index contributed by atoms with van der Waals surface area (Å²) in [7, 11) is 0. The Hall–Kier alpha value is -1.70. The number of piperidine rings is 1. The molecule has 1 heterocycles. The van der Waals surface area contributed by atoms with Crippen molar-refractivity contribution < 1.29 is 14.1 Å². The van der Waals surface area contributed by atoms with Gasteiger partial charge in [-0.3, -0.25) is 14.9 Å². The van der Waals surface area contributed by atoms with E-state index in [-0.39, 0.29) is 28.3 Å². The molecule has 0 bridgehead atoms. The van der Waals surface area contributed by atoms with E-state index in [1.165, 1.54) is 0 Å². The number of nitro benzene ring substituents is 1. The quantitative estimate of drug-likeness (QED) is 0.662. The molecule has 1 aliphatic heterocycles. The van der Waals surface area contributed by atoms with Gasteiger partial charge in [-0.2, -0.15) is 0 Å². The molecule has 0 radical (unpaired) electrons. The van der Waals surface area contributed by atoms with Gasteiger partial charge in [-0.15, -0.1) is 0 Å². The van der Waals surface area contributed by atoms with Gasteiger partial charge in [0.1, 0.15) is 11.5 Å². The van der Waals surface area contributed by atoms with Gasteiger partial charge >= 0.3 is 0 Å². The van der Waals surface area contributed by atoms with Crippen molar-refractivity contribution in [3.63, 3.8) is 0 Å². The third kappa shape index (κ3) is 3.90. The van der Waals surface area contributed by atoms with Gasteiger partial charge in [0.2, 0.25) is 5.91 Å². The van der Waals surface area contributed by atoms with E-state index in [2.05, 4.69) is 21.2 Å². The minimum absolute atomic E-state index is 0.00561. The largest absolute Gasteiger partial charge is 0.370 e. The van der Waals surface area contributed by atoms with Crippen LogP contribution in [0.5, 0.6) is 0 Å². The number of rotatable bonds is 4. The van der Waals surface area contributed by atoms with Crippen LogP contribution >= 0.6 is 15.9 Å². The number of carbonyl (C=O) groups excluding carboxylic acids is 1. The molecule has 0 saturated carbocycles. The zero-order chi connectivity index (χ0) is 15.4. The Labute approximate surface area is 129 Å². The zero-order valence-electron chi connectivity index (χ0n) is 11.3.